The molecule has 2 saturated heterocycles. The molecule has 2 fully saturated rings. The van der Waals surface area contributed by atoms with Crippen LogP contribution in [0.3, 0.4) is 0 Å². The van der Waals surface area contributed by atoms with E-state index in [-0.39, 0.29) is 22.4 Å². The lowest BCUT2D eigenvalue weighted by molar-refractivity contribution is 0.0797. The molecule has 0 spiro atoms. The molecule has 162 valence electrons. The van der Waals surface area contributed by atoms with E-state index in [2.05, 4.69) is 24.1 Å². The number of sulfonamides is 1. The van der Waals surface area contributed by atoms with Crippen molar-refractivity contribution in [2.75, 3.05) is 26.2 Å². The van der Waals surface area contributed by atoms with Gasteiger partial charge in [0, 0.05) is 30.2 Å². The highest BCUT2D eigenvalue weighted by molar-refractivity contribution is 7.89. The van der Waals surface area contributed by atoms with E-state index in [0.29, 0.717) is 18.7 Å². The van der Waals surface area contributed by atoms with E-state index in [1.807, 2.05) is 6.92 Å². The molecule has 1 atom stereocenters. The number of benzene rings is 1. The Hall–Kier alpha value is -1.44. The predicted molar refractivity (Wildman–Crippen MR) is 115 cm³/mol. The average Bonchev–Trinajstić information content (AvgIpc) is 2.73. The predicted octanol–water partition coefficient (Wildman–Crippen LogP) is 3.24. The molecule has 1 amide bonds. The molecule has 0 bridgehead atoms. The molecule has 0 radical (unpaired) electrons. The molecule has 0 saturated carbocycles. The van der Waals surface area contributed by atoms with E-state index in [1.165, 1.54) is 25.3 Å². The summed E-state index contributed by atoms with van der Waals surface area (Å²) >= 11 is 0. The number of nitrogens with one attached hydrogen (secondary N) is 1. The quantitative estimate of drug-likeness (QED) is 0.766. The lowest BCUT2D eigenvalue weighted by atomic mass is 9.98. The van der Waals surface area contributed by atoms with Gasteiger partial charge in [-0.1, -0.05) is 18.9 Å². The van der Waals surface area contributed by atoms with Gasteiger partial charge in [-0.05, 0) is 77.7 Å². The van der Waals surface area contributed by atoms with Gasteiger partial charge in [0.1, 0.15) is 0 Å². The fourth-order valence-corrected chi connectivity index (χ4v) is 6.12. The Morgan fingerprint density at radius 3 is 2.48 bits per heavy atom. The zero-order valence-corrected chi connectivity index (χ0v) is 18.8. The lowest BCUT2D eigenvalue weighted by Crippen LogP contribution is -2.53. The fraction of sp³-hybridized carbons (Fsp3) is 0.682. The molecule has 29 heavy (non-hydrogen) atoms. The second-order valence-corrected chi connectivity index (χ2v) is 10.9. The van der Waals surface area contributed by atoms with Gasteiger partial charge < -0.3 is 5.32 Å². The molecule has 6 nitrogen and oxygen atoms in total. The van der Waals surface area contributed by atoms with Crippen LogP contribution in [-0.2, 0) is 10.0 Å². The molecule has 0 aromatic heterocycles. The summed E-state index contributed by atoms with van der Waals surface area (Å²) in [4.78, 5) is 15.4. The van der Waals surface area contributed by atoms with Gasteiger partial charge in [-0.15, -0.1) is 0 Å². The van der Waals surface area contributed by atoms with Gasteiger partial charge in [-0.3, -0.25) is 9.69 Å². The van der Waals surface area contributed by atoms with Crippen molar-refractivity contribution in [2.45, 2.75) is 75.8 Å². The Morgan fingerprint density at radius 1 is 1.10 bits per heavy atom. The molecule has 3 rings (SSSR count). The summed E-state index contributed by atoms with van der Waals surface area (Å²) in [6.45, 7) is 9.45. The highest BCUT2D eigenvalue weighted by atomic mass is 32.2. The normalized spacial score (nSPS) is 22.4. The van der Waals surface area contributed by atoms with Gasteiger partial charge >= 0.3 is 0 Å². The van der Waals surface area contributed by atoms with Crippen LogP contribution in [0.4, 0.5) is 0 Å². The van der Waals surface area contributed by atoms with Crippen molar-refractivity contribution < 1.29 is 13.2 Å². The maximum atomic E-state index is 13.1. The number of likely N-dealkylation sites (tertiary alicyclic amines) is 1. The topological polar surface area (TPSA) is 69.7 Å². The average molecular weight is 422 g/mol. The Balaban J connectivity index is 1.69. The van der Waals surface area contributed by atoms with Crippen LogP contribution in [-0.4, -0.2) is 61.3 Å². The van der Waals surface area contributed by atoms with Crippen molar-refractivity contribution in [2.24, 2.45) is 0 Å². The fourth-order valence-electron chi connectivity index (χ4n) is 4.37. The highest BCUT2D eigenvalue weighted by Gasteiger charge is 2.32. The summed E-state index contributed by atoms with van der Waals surface area (Å²) in [6, 6.07) is 6.44. The first kappa shape index (κ1) is 22.2. The van der Waals surface area contributed by atoms with Gasteiger partial charge in [-0.2, -0.15) is 4.31 Å². The number of hydrogen-bond acceptors (Lipinski definition) is 4. The summed E-state index contributed by atoms with van der Waals surface area (Å²) in [7, 11) is -3.58. The first-order valence-electron chi connectivity index (χ1n) is 10.9. The van der Waals surface area contributed by atoms with Gasteiger partial charge in [0.05, 0.1) is 4.90 Å². The number of rotatable bonds is 6. The van der Waals surface area contributed by atoms with Crippen molar-refractivity contribution in [1.29, 1.82) is 0 Å². The van der Waals surface area contributed by atoms with Crippen molar-refractivity contribution in [1.82, 2.24) is 14.5 Å². The van der Waals surface area contributed by atoms with Crippen molar-refractivity contribution in [3.8, 4) is 0 Å². The van der Waals surface area contributed by atoms with E-state index in [9.17, 15) is 13.2 Å². The molecular formula is C22H35N3O3S. The molecule has 1 aromatic rings. The molecule has 1 unspecified atom stereocenters. The Labute approximate surface area is 175 Å². The zero-order valence-electron chi connectivity index (χ0n) is 18.0. The largest absolute Gasteiger partial charge is 0.350 e. The molecule has 1 aromatic carbocycles. The van der Waals surface area contributed by atoms with Crippen LogP contribution in [0.2, 0.25) is 0 Å². The van der Waals surface area contributed by atoms with Crippen molar-refractivity contribution >= 4 is 15.9 Å². The van der Waals surface area contributed by atoms with Crippen LogP contribution in [0.15, 0.2) is 29.2 Å². The molecule has 2 heterocycles. The zero-order chi connectivity index (χ0) is 21.1. The van der Waals surface area contributed by atoms with Crippen LogP contribution in [0.1, 0.15) is 69.7 Å². The second-order valence-electron chi connectivity index (χ2n) is 9.03. The van der Waals surface area contributed by atoms with Crippen LogP contribution < -0.4 is 5.32 Å². The van der Waals surface area contributed by atoms with Gasteiger partial charge in [-0.25, -0.2) is 8.42 Å². The van der Waals surface area contributed by atoms with Crippen LogP contribution in [0, 0.1) is 0 Å². The minimum atomic E-state index is -3.58. The molecule has 7 heteroatoms. The van der Waals surface area contributed by atoms with Gasteiger partial charge in [0.25, 0.3) is 5.91 Å². The van der Waals surface area contributed by atoms with Crippen LogP contribution >= 0.6 is 0 Å². The maximum absolute atomic E-state index is 13.1. The minimum Gasteiger partial charge on any atom is -0.350 e. The number of carbonyl (C=O) groups is 1. The number of hydrogen-bond donors (Lipinski definition) is 1. The second kappa shape index (κ2) is 9.14. The lowest BCUT2D eigenvalue weighted by Gasteiger charge is -2.41. The van der Waals surface area contributed by atoms with E-state index < -0.39 is 10.0 Å². The van der Waals surface area contributed by atoms with E-state index in [0.717, 1.165) is 32.4 Å². The van der Waals surface area contributed by atoms with Crippen molar-refractivity contribution in [3.05, 3.63) is 29.8 Å². The Bertz CT molecular complexity index is 816. The first-order valence-corrected chi connectivity index (χ1v) is 12.3. The number of amides is 1. The Kier molecular flexibility index (Phi) is 7.02. The van der Waals surface area contributed by atoms with Gasteiger partial charge in [0.2, 0.25) is 10.0 Å². The summed E-state index contributed by atoms with van der Waals surface area (Å²) in [5.41, 5.74) is 0.272. The third kappa shape index (κ3) is 5.19. The number of piperidine rings is 2. The summed E-state index contributed by atoms with van der Waals surface area (Å²) < 4.78 is 27.7. The maximum Gasteiger partial charge on any atom is 0.251 e. The van der Waals surface area contributed by atoms with Gasteiger partial charge in [0.15, 0.2) is 0 Å². The van der Waals surface area contributed by atoms with Crippen LogP contribution in [0.5, 0.6) is 0 Å². The SMILES string of the molecule is CC1CCCCN1S(=O)(=O)c1cccc(C(=O)NCC(C)(C)N2CCCCC2)c1. The van der Waals surface area contributed by atoms with E-state index in [4.69, 9.17) is 0 Å². The molecular weight excluding hydrogens is 386 g/mol. The molecule has 2 aliphatic rings. The molecule has 2 aliphatic heterocycles. The van der Waals surface area contributed by atoms with E-state index >= 15 is 0 Å². The highest BCUT2D eigenvalue weighted by Crippen LogP contribution is 2.26. The van der Waals surface area contributed by atoms with Crippen molar-refractivity contribution in [3.63, 3.8) is 0 Å². The summed E-state index contributed by atoms with van der Waals surface area (Å²) in [6.07, 6.45) is 6.50. The summed E-state index contributed by atoms with van der Waals surface area (Å²) in [5, 5.41) is 3.01. The smallest absolute Gasteiger partial charge is 0.251 e. The van der Waals surface area contributed by atoms with E-state index in [1.54, 1.807) is 22.5 Å². The monoisotopic (exact) mass is 421 g/mol. The number of nitrogens with zero attached hydrogens (tertiary/aromatic N) is 2. The third-order valence-corrected chi connectivity index (χ3v) is 8.35. The third-order valence-electron chi connectivity index (χ3n) is 6.34. The molecule has 0 aliphatic carbocycles. The number of carbonyl (C=O) groups excluding carboxylic acids is 1. The first-order chi connectivity index (χ1) is 13.7. The summed E-state index contributed by atoms with van der Waals surface area (Å²) in [5.74, 6) is -0.223. The minimum absolute atomic E-state index is 0.00317. The standard InChI is InChI=1S/C22H35N3O3S/c1-18-10-5-8-15-25(18)29(27,28)20-12-9-11-19(16-20)21(26)23-17-22(2,3)24-13-6-4-7-14-24/h9,11-12,16,18H,4-8,10,13-15,17H2,1-3H3,(H,23,26). The molecule has 1 N–H and O–H groups in total. The Morgan fingerprint density at radius 2 is 1.79 bits per heavy atom. The van der Waals surface area contributed by atoms with Crippen LogP contribution in [0.25, 0.3) is 0 Å².